The first-order valence-corrected chi connectivity index (χ1v) is 19.8. The zero-order valence-electron chi connectivity index (χ0n) is 36.1. The molecule has 18 heteroatoms. The molecule has 0 aliphatic carbocycles. The molecule has 0 saturated heterocycles. The normalized spacial score (nSPS) is 11.8. The highest BCUT2D eigenvalue weighted by atomic mass is 16.6. The second-order valence-corrected chi connectivity index (χ2v) is 14.3. The Balaban J connectivity index is 1.90. The van der Waals surface area contributed by atoms with Gasteiger partial charge in [0.2, 0.25) is 0 Å². The Kier molecular flexibility index (Phi) is 24.6. The molecule has 0 aliphatic rings. The number of aliphatic hydroxyl groups is 2. The van der Waals surface area contributed by atoms with Crippen molar-refractivity contribution < 1.29 is 86.3 Å². The van der Waals surface area contributed by atoms with Gasteiger partial charge in [0.05, 0.1) is 37.3 Å². The van der Waals surface area contributed by atoms with Crippen molar-refractivity contribution >= 4 is 35.8 Å². The molecule has 2 atom stereocenters. The molecule has 0 saturated carbocycles. The molecule has 0 aliphatic heterocycles. The first-order chi connectivity index (χ1) is 31.1. The van der Waals surface area contributed by atoms with E-state index in [1.165, 1.54) is 0 Å². The van der Waals surface area contributed by atoms with Gasteiger partial charge in [-0.3, -0.25) is 0 Å². The fourth-order valence-electron chi connectivity index (χ4n) is 5.15. The third-order valence-electron chi connectivity index (χ3n) is 8.70. The topological polar surface area (TPSA) is 235 Å². The predicted molar refractivity (Wildman–Crippen MR) is 232 cm³/mol. The van der Waals surface area contributed by atoms with Gasteiger partial charge in [0.1, 0.15) is 76.6 Å². The van der Waals surface area contributed by atoms with Gasteiger partial charge in [-0.05, 0) is 41.8 Å². The summed E-state index contributed by atoms with van der Waals surface area (Å²) in [6.45, 7) is 16.5. The van der Waals surface area contributed by atoms with Gasteiger partial charge in [0.15, 0.2) is 0 Å². The first-order valence-electron chi connectivity index (χ1n) is 19.8. The summed E-state index contributed by atoms with van der Waals surface area (Å²) >= 11 is 0. The van der Waals surface area contributed by atoms with Crippen LogP contribution in [0, 0.1) is 10.8 Å². The second kappa shape index (κ2) is 29.5. The van der Waals surface area contributed by atoms with Crippen LogP contribution in [0.3, 0.4) is 0 Å². The van der Waals surface area contributed by atoms with Crippen LogP contribution in [0.5, 0.6) is 11.5 Å². The van der Waals surface area contributed by atoms with E-state index >= 15 is 0 Å². The highest BCUT2D eigenvalue weighted by molar-refractivity contribution is 5.83. The highest BCUT2D eigenvalue weighted by Crippen LogP contribution is 2.24. The molecule has 0 fully saturated rings. The molecule has 0 bridgehead atoms. The highest BCUT2D eigenvalue weighted by Gasteiger charge is 2.38. The molecule has 0 heterocycles. The Bertz CT molecular complexity index is 1660. The number of benzene rings is 2. The molecule has 0 aromatic heterocycles. The minimum atomic E-state index is -1.35. The summed E-state index contributed by atoms with van der Waals surface area (Å²) in [7, 11) is 0. The molecule has 0 spiro atoms. The van der Waals surface area contributed by atoms with E-state index in [-0.39, 0.29) is 79.3 Å². The van der Waals surface area contributed by atoms with Crippen molar-refractivity contribution in [3.05, 3.63) is 136 Å². The van der Waals surface area contributed by atoms with Crippen LogP contribution in [0.25, 0.3) is 0 Å². The van der Waals surface area contributed by atoms with Gasteiger partial charge in [-0.2, -0.15) is 0 Å². The number of rotatable bonds is 34. The van der Waals surface area contributed by atoms with Crippen LogP contribution in [-0.4, -0.2) is 138 Å². The van der Waals surface area contributed by atoms with Crippen LogP contribution in [0.15, 0.2) is 124 Å². The Labute approximate surface area is 377 Å². The number of hydrogen-bond acceptors (Lipinski definition) is 18. The maximum atomic E-state index is 11.8. The molecular weight excluding hydrogens is 852 g/mol. The molecule has 0 radical (unpaired) electrons. The summed E-state index contributed by atoms with van der Waals surface area (Å²) in [6, 6.07) is 14.4. The molecule has 352 valence electrons. The number of hydrogen-bond donors (Lipinski definition) is 2. The lowest BCUT2D eigenvalue weighted by atomic mass is 9.92. The third-order valence-corrected chi connectivity index (χ3v) is 8.70. The van der Waals surface area contributed by atoms with Crippen molar-refractivity contribution in [1.29, 1.82) is 0 Å². The minimum Gasteiger partial charge on any atom is -0.491 e. The van der Waals surface area contributed by atoms with Gasteiger partial charge in [-0.1, -0.05) is 63.7 Å². The van der Waals surface area contributed by atoms with E-state index in [0.29, 0.717) is 17.9 Å². The standard InChI is InChI=1S/C47H56O18/c1-7-40(50)60-28-46(29-61-41(51)8-2,30-62-42(52)9-3)26-56-22-36(48)24-58-38-17-13-34(14-18-38)21-35-15-19-39(20-16-35)59-25-37(49)23-57-27-47(31-63-43(53)10-4,32-64-44(54)11-5)33-65-45(55)12-6/h7-20,36-37,48-49H,1-6,21-33H2. The molecule has 18 nitrogen and oxygen atoms in total. The summed E-state index contributed by atoms with van der Waals surface area (Å²) in [5.41, 5.74) is -0.776. The quantitative estimate of drug-likeness (QED) is 0.0583. The van der Waals surface area contributed by atoms with E-state index in [2.05, 4.69) is 39.5 Å². The molecule has 2 unspecified atom stereocenters. The Hall–Kier alpha value is -6.86. The van der Waals surface area contributed by atoms with Gasteiger partial charge in [-0.25, -0.2) is 28.8 Å². The Morgan fingerprint density at radius 3 is 0.892 bits per heavy atom. The second-order valence-electron chi connectivity index (χ2n) is 14.3. The van der Waals surface area contributed by atoms with Gasteiger partial charge >= 0.3 is 35.8 Å². The number of esters is 6. The summed E-state index contributed by atoms with van der Waals surface area (Å²) in [6.07, 6.45) is 3.97. The molecule has 2 N–H and O–H groups in total. The molecule has 65 heavy (non-hydrogen) atoms. The Morgan fingerprint density at radius 2 is 0.662 bits per heavy atom. The van der Waals surface area contributed by atoms with E-state index in [0.717, 1.165) is 47.6 Å². The van der Waals surface area contributed by atoms with Gasteiger partial charge in [0, 0.05) is 36.5 Å². The van der Waals surface area contributed by atoms with Crippen molar-refractivity contribution in [2.75, 3.05) is 79.3 Å². The lowest BCUT2D eigenvalue weighted by molar-refractivity contribution is -0.164. The fourth-order valence-corrected chi connectivity index (χ4v) is 5.15. The van der Waals surface area contributed by atoms with E-state index in [9.17, 15) is 39.0 Å². The molecule has 2 aromatic carbocycles. The predicted octanol–water partition coefficient (Wildman–Crippen LogP) is 3.14. The number of aliphatic hydroxyl groups excluding tert-OH is 2. The van der Waals surface area contributed by atoms with Crippen molar-refractivity contribution in [3.8, 4) is 11.5 Å². The lowest BCUT2D eigenvalue weighted by Gasteiger charge is -2.31. The smallest absolute Gasteiger partial charge is 0.330 e. The molecule has 2 aromatic rings. The average Bonchev–Trinajstić information content (AvgIpc) is 3.33. The van der Waals surface area contributed by atoms with Gasteiger partial charge in [-0.15, -0.1) is 0 Å². The Morgan fingerprint density at radius 1 is 0.415 bits per heavy atom. The van der Waals surface area contributed by atoms with E-state index < -0.39 is 58.9 Å². The van der Waals surface area contributed by atoms with Crippen LogP contribution < -0.4 is 9.47 Å². The van der Waals surface area contributed by atoms with E-state index in [1.807, 2.05) is 24.3 Å². The lowest BCUT2D eigenvalue weighted by Crippen LogP contribution is -2.44. The van der Waals surface area contributed by atoms with Crippen LogP contribution >= 0.6 is 0 Å². The molecule has 2 rings (SSSR count). The first kappa shape index (κ1) is 54.3. The zero-order valence-corrected chi connectivity index (χ0v) is 36.1. The minimum absolute atomic E-state index is 0.147. The number of ether oxygens (including phenoxy) is 10. The van der Waals surface area contributed by atoms with Gasteiger partial charge < -0.3 is 57.6 Å². The average molecular weight is 909 g/mol. The van der Waals surface area contributed by atoms with Crippen LogP contribution in [0.2, 0.25) is 0 Å². The summed E-state index contributed by atoms with van der Waals surface area (Å²) in [4.78, 5) is 70.9. The van der Waals surface area contributed by atoms with Crippen LogP contribution in [-0.2, 0) is 73.1 Å². The summed E-state index contributed by atoms with van der Waals surface area (Å²) < 4.78 is 53.8. The van der Waals surface area contributed by atoms with Crippen LogP contribution in [0.1, 0.15) is 11.1 Å². The zero-order chi connectivity index (χ0) is 48.1. The van der Waals surface area contributed by atoms with Gasteiger partial charge in [0.25, 0.3) is 0 Å². The van der Waals surface area contributed by atoms with E-state index in [1.54, 1.807) is 24.3 Å². The third kappa shape index (κ3) is 21.9. The van der Waals surface area contributed by atoms with E-state index in [4.69, 9.17) is 47.4 Å². The van der Waals surface area contributed by atoms with Crippen molar-refractivity contribution in [2.24, 2.45) is 10.8 Å². The van der Waals surface area contributed by atoms with Crippen molar-refractivity contribution in [1.82, 2.24) is 0 Å². The monoisotopic (exact) mass is 908 g/mol. The van der Waals surface area contributed by atoms with Crippen LogP contribution in [0.4, 0.5) is 0 Å². The summed E-state index contributed by atoms with van der Waals surface area (Å²) in [5, 5.41) is 21.2. The SMILES string of the molecule is C=CC(=O)OCC(COCC(O)COc1ccc(Cc2ccc(OCC(O)COCC(COC(=O)C=C)(COC(=O)C=C)COC(=O)C=C)cc2)cc1)(COC(=O)C=C)COC(=O)C=C. The number of carbonyl (C=O) groups is 6. The summed E-state index contributed by atoms with van der Waals surface area (Å²) in [5.74, 6) is -3.67. The largest absolute Gasteiger partial charge is 0.491 e. The maximum absolute atomic E-state index is 11.8. The van der Waals surface area contributed by atoms with Crippen molar-refractivity contribution in [2.45, 2.75) is 18.6 Å². The fraction of sp³-hybridized carbons (Fsp3) is 0.362. The molecule has 0 amide bonds. The maximum Gasteiger partial charge on any atom is 0.330 e. The number of carbonyl (C=O) groups excluding carboxylic acids is 6. The molecular formula is C47H56O18. The van der Waals surface area contributed by atoms with Crippen molar-refractivity contribution in [3.63, 3.8) is 0 Å².